The Kier molecular flexibility index (Phi) is 1.44. The highest BCUT2D eigenvalue weighted by Gasteiger charge is 2.03. The summed E-state index contributed by atoms with van der Waals surface area (Å²) in [4.78, 5) is 0. The number of hydrogen-bond donors (Lipinski definition) is 0. The van der Waals surface area contributed by atoms with Crippen molar-refractivity contribution in [2.75, 3.05) is 0 Å². The zero-order valence-electron chi connectivity index (χ0n) is 6.01. The van der Waals surface area contributed by atoms with Gasteiger partial charge in [-0.15, -0.1) is 0 Å². The molecule has 0 aliphatic carbocycles. The molecule has 0 bridgehead atoms. The Bertz CT molecular complexity index is 293. The van der Waals surface area contributed by atoms with E-state index in [4.69, 9.17) is 0 Å². The molecule has 2 rings (SSSR count). The molecule has 0 saturated carbocycles. The summed E-state index contributed by atoms with van der Waals surface area (Å²) in [5.74, 6) is 0. The third kappa shape index (κ3) is 1.15. The van der Waals surface area contributed by atoms with Gasteiger partial charge in [-0.1, -0.05) is 12.2 Å². The van der Waals surface area contributed by atoms with E-state index < -0.39 is 0 Å². The van der Waals surface area contributed by atoms with Gasteiger partial charge in [0.1, 0.15) is 0 Å². The van der Waals surface area contributed by atoms with E-state index in [0.29, 0.717) is 0 Å². The fraction of sp³-hybridized carbons (Fsp3) is 0. The Balaban J connectivity index is 2.39. The molecular weight excluding hydrogens is 136 g/mol. The van der Waals surface area contributed by atoms with Crippen molar-refractivity contribution in [3.05, 3.63) is 48.4 Å². The van der Waals surface area contributed by atoms with Crippen LogP contribution in [0.5, 0.6) is 0 Å². The van der Waals surface area contributed by atoms with Crippen LogP contribution in [0.25, 0.3) is 0 Å². The summed E-state index contributed by atoms with van der Waals surface area (Å²) >= 11 is 0. The zero-order chi connectivity index (χ0) is 7.52. The summed E-state index contributed by atoms with van der Waals surface area (Å²) in [7, 11) is 0. The number of hydrazone groups is 1. The summed E-state index contributed by atoms with van der Waals surface area (Å²) in [5, 5.41) is 5.97. The summed E-state index contributed by atoms with van der Waals surface area (Å²) in [6, 6.07) is 0. The maximum atomic E-state index is 4.14. The third-order valence-electron chi connectivity index (χ3n) is 1.53. The Morgan fingerprint density at radius 2 is 2.09 bits per heavy atom. The molecular formula is C9H8N2. The minimum Gasteiger partial charge on any atom is -0.241 e. The summed E-state index contributed by atoms with van der Waals surface area (Å²) in [6.07, 6.45) is 15.6. The lowest BCUT2D eigenvalue weighted by atomic mass is 10.3. The average Bonchev–Trinajstić information content (AvgIpc) is 2.28. The van der Waals surface area contributed by atoms with Gasteiger partial charge in [-0.25, -0.2) is 5.01 Å². The zero-order valence-corrected chi connectivity index (χ0v) is 6.01. The van der Waals surface area contributed by atoms with Crippen molar-refractivity contribution in [1.82, 2.24) is 5.01 Å². The lowest BCUT2D eigenvalue weighted by Crippen LogP contribution is -2.09. The minimum atomic E-state index is 1.09. The Hall–Kier alpha value is -1.57. The van der Waals surface area contributed by atoms with E-state index in [2.05, 4.69) is 5.10 Å². The first-order valence-electron chi connectivity index (χ1n) is 3.52. The molecule has 11 heavy (non-hydrogen) atoms. The maximum absolute atomic E-state index is 4.14. The van der Waals surface area contributed by atoms with Crippen LogP contribution in [0.15, 0.2) is 53.5 Å². The van der Waals surface area contributed by atoms with Gasteiger partial charge < -0.3 is 0 Å². The predicted octanol–water partition coefficient (Wildman–Crippen LogP) is 1.81. The maximum Gasteiger partial charge on any atom is 0.0646 e. The molecule has 0 fully saturated rings. The average molecular weight is 144 g/mol. The first kappa shape index (κ1) is 6.16. The molecule has 0 aromatic rings. The quantitative estimate of drug-likeness (QED) is 0.506. The normalized spacial score (nSPS) is 19.6. The first-order valence-corrected chi connectivity index (χ1v) is 3.52. The summed E-state index contributed by atoms with van der Waals surface area (Å²) in [6.45, 7) is 0. The molecule has 54 valence electrons. The van der Waals surface area contributed by atoms with Crippen LogP contribution in [0.2, 0.25) is 0 Å². The number of nitrogens with zero attached hydrogens (tertiary/aromatic N) is 2. The summed E-state index contributed by atoms with van der Waals surface area (Å²) in [5.41, 5.74) is 1.09. The van der Waals surface area contributed by atoms with Crippen molar-refractivity contribution in [2.45, 2.75) is 0 Å². The van der Waals surface area contributed by atoms with Crippen molar-refractivity contribution in [3.8, 4) is 0 Å². The molecule has 0 unspecified atom stereocenters. The molecule has 2 aliphatic heterocycles. The molecule has 0 radical (unpaired) electrons. The van der Waals surface area contributed by atoms with E-state index in [1.165, 1.54) is 0 Å². The minimum absolute atomic E-state index is 1.09. The second-order valence-corrected chi connectivity index (χ2v) is 2.29. The second-order valence-electron chi connectivity index (χ2n) is 2.29. The van der Waals surface area contributed by atoms with Gasteiger partial charge in [-0.3, -0.25) is 0 Å². The monoisotopic (exact) mass is 144 g/mol. The van der Waals surface area contributed by atoms with E-state index in [1.807, 2.05) is 47.7 Å². The van der Waals surface area contributed by atoms with E-state index in [1.54, 1.807) is 6.21 Å². The van der Waals surface area contributed by atoms with E-state index in [0.717, 1.165) is 5.70 Å². The van der Waals surface area contributed by atoms with Gasteiger partial charge in [0.25, 0.3) is 0 Å². The van der Waals surface area contributed by atoms with Crippen LogP contribution in [0, 0.1) is 0 Å². The van der Waals surface area contributed by atoms with Gasteiger partial charge in [0.15, 0.2) is 0 Å². The van der Waals surface area contributed by atoms with Crippen molar-refractivity contribution >= 4 is 6.21 Å². The fourth-order valence-electron chi connectivity index (χ4n) is 1.00. The topological polar surface area (TPSA) is 15.6 Å². The first-order chi connectivity index (χ1) is 5.47. The van der Waals surface area contributed by atoms with Gasteiger partial charge in [0.2, 0.25) is 0 Å². The number of fused-ring (bicyclic) bond motifs is 1. The van der Waals surface area contributed by atoms with Crippen molar-refractivity contribution in [3.63, 3.8) is 0 Å². The largest absolute Gasteiger partial charge is 0.241 e. The predicted molar refractivity (Wildman–Crippen MR) is 45.8 cm³/mol. The van der Waals surface area contributed by atoms with Crippen LogP contribution < -0.4 is 0 Å². The highest BCUT2D eigenvalue weighted by Crippen LogP contribution is 2.13. The highest BCUT2D eigenvalue weighted by molar-refractivity contribution is 5.73. The van der Waals surface area contributed by atoms with E-state index in [9.17, 15) is 0 Å². The Morgan fingerprint density at radius 3 is 3.09 bits per heavy atom. The fourth-order valence-corrected chi connectivity index (χ4v) is 1.00. The Morgan fingerprint density at radius 1 is 1.09 bits per heavy atom. The molecule has 2 nitrogen and oxygen atoms in total. The van der Waals surface area contributed by atoms with Crippen LogP contribution in [0.3, 0.4) is 0 Å². The lowest BCUT2D eigenvalue weighted by molar-refractivity contribution is 0.514. The molecule has 0 spiro atoms. The number of hydrogen-bond acceptors (Lipinski definition) is 2. The lowest BCUT2D eigenvalue weighted by Gasteiger charge is -2.15. The molecule has 0 amide bonds. The number of rotatable bonds is 0. The molecule has 2 aliphatic rings. The second kappa shape index (κ2) is 2.58. The van der Waals surface area contributed by atoms with Gasteiger partial charge in [0, 0.05) is 12.4 Å². The van der Waals surface area contributed by atoms with Crippen molar-refractivity contribution in [1.29, 1.82) is 0 Å². The summed E-state index contributed by atoms with van der Waals surface area (Å²) < 4.78 is 0. The SMILES string of the molecule is C1=CC=C2C=CC=NN2C=C1. The molecule has 0 saturated heterocycles. The highest BCUT2D eigenvalue weighted by atomic mass is 15.4. The van der Waals surface area contributed by atoms with Gasteiger partial charge in [0.05, 0.1) is 5.70 Å². The van der Waals surface area contributed by atoms with E-state index in [-0.39, 0.29) is 0 Å². The van der Waals surface area contributed by atoms with Gasteiger partial charge in [-0.05, 0) is 24.3 Å². The Labute approximate surface area is 65.5 Å². The molecule has 2 heteroatoms. The molecule has 0 aromatic heterocycles. The molecule has 0 aromatic carbocycles. The van der Waals surface area contributed by atoms with Crippen LogP contribution in [0.1, 0.15) is 0 Å². The van der Waals surface area contributed by atoms with E-state index >= 15 is 0 Å². The van der Waals surface area contributed by atoms with Gasteiger partial charge in [-0.2, -0.15) is 5.10 Å². The smallest absolute Gasteiger partial charge is 0.0646 e. The van der Waals surface area contributed by atoms with Crippen molar-refractivity contribution < 1.29 is 0 Å². The van der Waals surface area contributed by atoms with Crippen LogP contribution in [-0.2, 0) is 0 Å². The standard InChI is InChI=1S/C9H8N2/c1-2-5-9-6-4-7-10-11(9)8-3-1/h1-8H. The molecule has 0 N–H and O–H groups in total. The van der Waals surface area contributed by atoms with Crippen LogP contribution >= 0.6 is 0 Å². The van der Waals surface area contributed by atoms with Crippen molar-refractivity contribution in [2.24, 2.45) is 5.10 Å². The molecule has 0 atom stereocenters. The number of allylic oxidation sites excluding steroid dienone is 6. The third-order valence-corrected chi connectivity index (χ3v) is 1.53. The van der Waals surface area contributed by atoms with Crippen LogP contribution in [-0.4, -0.2) is 11.2 Å². The molecule has 2 heterocycles. The van der Waals surface area contributed by atoms with Gasteiger partial charge >= 0.3 is 0 Å². The van der Waals surface area contributed by atoms with Crippen LogP contribution in [0.4, 0.5) is 0 Å².